The molecule has 2 atom stereocenters. The molecule has 2 rings (SSSR count). The molecule has 0 spiro atoms. The summed E-state index contributed by atoms with van der Waals surface area (Å²) in [6.45, 7) is 6.66. The van der Waals surface area contributed by atoms with Crippen molar-refractivity contribution in [2.75, 3.05) is 0 Å². The van der Waals surface area contributed by atoms with E-state index in [1.165, 1.54) is 0 Å². The van der Waals surface area contributed by atoms with Crippen molar-refractivity contribution in [3.05, 3.63) is 0 Å². The zero-order valence-electron chi connectivity index (χ0n) is 14.6. The Hall–Kier alpha value is -1.14. The number of hydrogen-bond acceptors (Lipinski definition) is 4. The number of nitrogens with one attached hydrogen (secondary N) is 2. The van der Waals surface area contributed by atoms with E-state index < -0.39 is 28.4 Å². The van der Waals surface area contributed by atoms with Gasteiger partial charge in [-0.3, -0.25) is 9.59 Å². The van der Waals surface area contributed by atoms with Crippen LogP contribution in [0.25, 0.3) is 0 Å². The van der Waals surface area contributed by atoms with Gasteiger partial charge in [-0.15, -0.1) is 0 Å². The third-order valence-corrected chi connectivity index (χ3v) is 5.88. The fourth-order valence-corrected chi connectivity index (χ4v) is 3.07. The fourth-order valence-electron chi connectivity index (χ4n) is 3.07. The lowest BCUT2D eigenvalue weighted by Crippen LogP contribution is -2.61. The second kappa shape index (κ2) is 6.06. The standard InChI is InChI=1S/C17H30N2O4/c1-11(16(22)7-5-8-16)18-13(20)15(3,4)14(21)19-12(2)17(23)9-6-10-17/h11-12,22-23H,5-10H2,1-4H3,(H,18,20)(H,19,21)/t11-,12-/m1/s1. The van der Waals surface area contributed by atoms with Gasteiger partial charge in [-0.05, 0) is 66.2 Å². The summed E-state index contributed by atoms with van der Waals surface area (Å²) in [4.78, 5) is 24.9. The predicted octanol–water partition coefficient (Wildman–Crippen LogP) is 0.852. The minimum atomic E-state index is -1.26. The van der Waals surface area contributed by atoms with Crippen LogP contribution in [0.3, 0.4) is 0 Å². The molecule has 0 aromatic carbocycles. The van der Waals surface area contributed by atoms with E-state index in [-0.39, 0.29) is 12.1 Å². The first kappa shape index (κ1) is 18.2. The van der Waals surface area contributed by atoms with E-state index in [1.54, 1.807) is 27.7 Å². The van der Waals surface area contributed by atoms with E-state index in [2.05, 4.69) is 10.6 Å². The molecule has 6 nitrogen and oxygen atoms in total. The molecule has 0 heterocycles. The lowest BCUT2D eigenvalue weighted by Gasteiger charge is -2.43. The van der Waals surface area contributed by atoms with Crippen molar-refractivity contribution >= 4 is 11.8 Å². The first-order valence-corrected chi connectivity index (χ1v) is 8.58. The quantitative estimate of drug-likeness (QED) is 0.544. The van der Waals surface area contributed by atoms with Crippen molar-refractivity contribution in [2.45, 2.75) is 89.5 Å². The van der Waals surface area contributed by atoms with Gasteiger partial charge in [-0.25, -0.2) is 0 Å². The van der Waals surface area contributed by atoms with Crippen LogP contribution < -0.4 is 10.6 Å². The Kier molecular flexibility index (Phi) is 4.79. The van der Waals surface area contributed by atoms with Gasteiger partial charge < -0.3 is 20.8 Å². The van der Waals surface area contributed by atoms with E-state index in [1.807, 2.05) is 0 Å². The number of aliphatic hydroxyl groups is 2. The first-order valence-electron chi connectivity index (χ1n) is 8.58. The Morgan fingerprint density at radius 3 is 1.39 bits per heavy atom. The number of amides is 2. The predicted molar refractivity (Wildman–Crippen MR) is 86.6 cm³/mol. The van der Waals surface area contributed by atoms with Gasteiger partial charge in [0.25, 0.3) is 0 Å². The van der Waals surface area contributed by atoms with Crippen molar-refractivity contribution in [1.29, 1.82) is 0 Å². The normalized spacial score (nSPS) is 24.6. The molecule has 0 bridgehead atoms. The summed E-state index contributed by atoms with van der Waals surface area (Å²) in [5, 5.41) is 26.1. The topological polar surface area (TPSA) is 98.7 Å². The van der Waals surface area contributed by atoms with E-state index in [9.17, 15) is 19.8 Å². The lowest BCUT2D eigenvalue weighted by atomic mass is 9.74. The molecule has 0 unspecified atom stereocenters. The van der Waals surface area contributed by atoms with Gasteiger partial charge in [-0.2, -0.15) is 0 Å². The first-order chi connectivity index (χ1) is 10.5. The third kappa shape index (κ3) is 3.38. The smallest absolute Gasteiger partial charge is 0.235 e. The molecule has 23 heavy (non-hydrogen) atoms. The highest BCUT2D eigenvalue weighted by Crippen LogP contribution is 2.36. The molecule has 0 saturated heterocycles. The summed E-state index contributed by atoms with van der Waals surface area (Å²) in [6, 6.07) is -0.770. The van der Waals surface area contributed by atoms with Crippen molar-refractivity contribution in [1.82, 2.24) is 10.6 Å². The van der Waals surface area contributed by atoms with Gasteiger partial charge in [0.05, 0.1) is 23.3 Å². The molecule has 2 aliphatic rings. The number of carbonyl (C=O) groups is 2. The van der Waals surface area contributed by atoms with E-state index in [0.29, 0.717) is 25.7 Å². The van der Waals surface area contributed by atoms with Gasteiger partial charge >= 0.3 is 0 Å². The monoisotopic (exact) mass is 326 g/mol. The van der Waals surface area contributed by atoms with Crippen LogP contribution in [0.4, 0.5) is 0 Å². The lowest BCUT2D eigenvalue weighted by molar-refractivity contribution is -0.146. The zero-order chi connectivity index (χ0) is 17.5. The molecule has 6 heteroatoms. The summed E-state index contributed by atoms with van der Waals surface area (Å²) in [5.41, 5.74) is -2.96. The summed E-state index contributed by atoms with van der Waals surface area (Å²) in [7, 11) is 0. The summed E-state index contributed by atoms with van der Waals surface area (Å²) in [6.07, 6.45) is 4.60. The summed E-state index contributed by atoms with van der Waals surface area (Å²) < 4.78 is 0. The van der Waals surface area contributed by atoms with Crippen LogP contribution >= 0.6 is 0 Å². The number of rotatable bonds is 6. The average molecular weight is 326 g/mol. The van der Waals surface area contributed by atoms with Crippen LogP contribution in [-0.4, -0.2) is 45.3 Å². The molecule has 132 valence electrons. The summed E-state index contributed by atoms with van der Waals surface area (Å²) >= 11 is 0. The highest BCUT2D eigenvalue weighted by atomic mass is 16.3. The molecular formula is C17H30N2O4. The maximum Gasteiger partial charge on any atom is 0.235 e. The maximum atomic E-state index is 12.5. The Morgan fingerprint density at radius 2 is 1.17 bits per heavy atom. The molecule has 4 N–H and O–H groups in total. The van der Waals surface area contributed by atoms with Crippen molar-refractivity contribution in [2.24, 2.45) is 5.41 Å². The summed E-state index contributed by atoms with van der Waals surface area (Å²) in [5.74, 6) is -0.814. The molecule has 0 radical (unpaired) electrons. The molecule has 2 aliphatic carbocycles. The van der Waals surface area contributed by atoms with Gasteiger partial charge in [0, 0.05) is 0 Å². The highest BCUT2D eigenvalue weighted by molar-refractivity contribution is 6.04. The van der Waals surface area contributed by atoms with Crippen LogP contribution in [0, 0.1) is 5.41 Å². The van der Waals surface area contributed by atoms with Crippen molar-refractivity contribution in [3.8, 4) is 0 Å². The highest BCUT2D eigenvalue weighted by Gasteiger charge is 2.46. The average Bonchev–Trinajstić information content (AvgIpc) is 2.41. The van der Waals surface area contributed by atoms with Crippen molar-refractivity contribution < 1.29 is 19.8 Å². The van der Waals surface area contributed by atoms with Crippen molar-refractivity contribution in [3.63, 3.8) is 0 Å². The van der Waals surface area contributed by atoms with E-state index in [4.69, 9.17) is 0 Å². The second-order valence-corrected chi connectivity index (χ2v) is 7.93. The molecule has 0 aliphatic heterocycles. The molecule has 2 saturated carbocycles. The van der Waals surface area contributed by atoms with Gasteiger partial charge in [0.15, 0.2) is 0 Å². The van der Waals surface area contributed by atoms with Crippen LogP contribution in [0.5, 0.6) is 0 Å². The number of hydrogen-bond donors (Lipinski definition) is 4. The molecule has 2 fully saturated rings. The largest absolute Gasteiger partial charge is 0.388 e. The minimum absolute atomic E-state index is 0.385. The van der Waals surface area contributed by atoms with Crippen LogP contribution in [0.1, 0.15) is 66.2 Å². The molecule has 0 aromatic heterocycles. The molecule has 2 amide bonds. The molecule has 0 aromatic rings. The maximum absolute atomic E-state index is 12.5. The van der Waals surface area contributed by atoms with Gasteiger partial charge in [0.2, 0.25) is 11.8 Å². The fraction of sp³-hybridized carbons (Fsp3) is 0.882. The Balaban J connectivity index is 1.93. The Bertz CT molecular complexity index is 439. The van der Waals surface area contributed by atoms with E-state index in [0.717, 1.165) is 12.8 Å². The third-order valence-electron chi connectivity index (χ3n) is 5.88. The SMILES string of the molecule is C[C@@H](NC(=O)C(C)(C)C(=O)N[C@H](C)C1(O)CCC1)C1(O)CCC1. The van der Waals surface area contributed by atoms with Crippen LogP contribution in [0.2, 0.25) is 0 Å². The second-order valence-electron chi connectivity index (χ2n) is 7.93. The van der Waals surface area contributed by atoms with Crippen LogP contribution in [0.15, 0.2) is 0 Å². The van der Waals surface area contributed by atoms with Gasteiger partial charge in [0.1, 0.15) is 5.41 Å². The Morgan fingerprint density at radius 1 is 0.870 bits per heavy atom. The minimum Gasteiger partial charge on any atom is -0.388 e. The Labute approximate surface area is 138 Å². The van der Waals surface area contributed by atoms with Crippen LogP contribution in [-0.2, 0) is 9.59 Å². The number of carbonyl (C=O) groups excluding carboxylic acids is 2. The van der Waals surface area contributed by atoms with E-state index >= 15 is 0 Å². The van der Waals surface area contributed by atoms with Gasteiger partial charge in [-0.1, -0.05) is 0 Å². The zero-order valence-corrected chi connectivity index (χ0v) is 14.6. The molecular weight excluding hydrogens is 296 g/mol.